The minimum atomic E-state index is 0.160. The molecule has 0 saturated carbocycles. The lowest BCUT2D eigenvalue weighted by atomic mass is 9.91. The van der Waals surface area contributed by atoms with Crippen LogP contribution in [0.25, 0.3) is 0 Å². The zero-order chi connectivity index (χ0) is 15.5. The molecule has 0 spiro atoms. The molecule has 1 atom stereocenters. The van der Waals surface area contributed by atoms with E-state index in [1.165, 1.54) is 5.56 Å². The number of anilines is 1. The summed E-state index contributed by atoms with van der Waals surface area (Å²) < 4.78 is 0. The number of rotatable bonds is 3. The van der Waals surface area contributed by atoms with Crippen molar-refractivity contribution in [1.29, 1.82) is 0 Å². The van der Waals surface area contributed by atoms with Gasteiger partial charge in [0.2, 0.25) is 0 Å². The van der Waals surface area contributed by atoms with E-state index < -0.39 is 0 Å². The second-order valence-electron chi connectivity index (χ2n) is 5.94. The number of aromatic nitrogens is 1. The first-order valence-corrected chi connectivity index (χ1v) is 8.54. The highest BCUT2D eigenvalue weighted by molar-refractivity contribution is 7.08. The van der Waals surface area contributed by atoms with Gasteiger partial charge >= 0.3 is 0 Å². The fraction of sp³-hybridized carbons (Fsp3) is 0.412. The Balaban J connectivity index is 1.75. The second-order valence-corrected chi connectivity index (χ2v) is 6.72. The van der Waals surface area contributed by atoms with Crippen molar-refractivity contribution in [2.24, 2.45) is 0 Å². The van der Waals surface area contributed by atoms with E-state index >= 15 is 0 Å². The minimum absolute atomic E-state index is 0.160. The molecule has 1 aliphatic rings. The third-order valence-corrected chi connectivity index (χ3v) is 4.86. The van der Waals surface area contributed by atoms with Crippen LogP contribution in [0.3, 0.4) is 0 Å². The minimum Gasteiger partial charge on any atom is -0.363 e. The number of thiophene rings is 1. The van der Waals surface area contributed by atoms with Crippen molar-refractivity contribution >= 4 is 23.1 Å². The number of likely N-dealkylation sites (tertiary alicyclic amines) is 1. The Bertz CT molecular complexity index is 639. The van der Waals surface area contributed by atoms with Crippen LogP contribution in [-0.4, -0.2) is 43.0 Å². The van der Waals surface area contributed by atoms with Gasteiger partial charge in [-0.2, -0.15) is 11.3 Å². The highest BCUT2D eigenvalue weighted by atomic mass is 32.1. The fourth-order valence-corrected chi connectivity index (χ4v) is 3.56. The first-order chi connectivity index (χ1) is 10.6. The van der Waals surface area contributed by atoms with Crippen molar-refractivity contribution in [2.45, 2.75) is 18.8 Å². The van der Waals surface area contributed by atoms with Crippen LogP contribution in [0.15, 0.2) is 35.2 Å². The Morgan fingerprint density at radius 1 is 1.41 bits per heavy atom. The second kappa shape index (κ2) is 6.48. The van der Waals surface area contributed by atoms with Crippen molar-refractivity contribution in [1.82, 2.24) is 9.88 Å². The Kier molecular flexibility index (Phi) is 4.43. The maximum absolute atomic E-state index is 12.5. The molecule has 1 aliphatic heterocycles. The predicted molar refractivity (Wildman–Crippen MR) is 90.8 cm³/mol. The first kappa shape index (κ1) is 15.0. The Morgan fingerprint density at radius 2 is 2.27 bits per heavy atom. The van der Waals surface area contributed by atoms with Gasteiger partial charge in [-0.15, -0.1) is 0 Å². The summed E-state index contributed by atoms with van der Waals surface area (Å²) in [6.45, 7) is 1.66. The number of hydrogen-bond acceptors (Lipinski definition) is 4. The third-order valence-electron chi connectivity index (χ3n) is 4.18. The lowest BCUT2D eigenvalue weighted by molar-refractivity contribution is 0.0707. The number of pyridine rings is 1. The molecule has 2 aromatic heterocycles. The van der Waals surface area contributed by atoms with Crippen LogP contribution in [0.4, 0.5) is 5.82 Å². The first-order valence-electron chi connectivity index (χ1n) is 7.60. The lowest BCUT2D eigenvalue weighted by Gasteiger charge is -2.33. The van der Waals surface area contributed by atoms with Gasteiger partial charge in [0.25, 0.3) is 5.91 Å². The number of hydrogen-bond donors (Lipinski definition) is 0. The van der Waals surface area contributed by atoms with Crippen molar-refractivity contribution in [3.05, 3.63) is 46.3 Å². The highest BCUT2D eigenvalue weighted by Crippen LogP contribution is 2.29. The number of carbonyl (C=O) groups excluding carboxylic acids is 1. The summed E-state index contributed by atoms with van der Waals surface area (Å²) in [5.74, 6) is 1.53. The van der Waals surface area contributed by atoms with Crippen LogP contribution in [0.5, 0.6) is 0 Å². The van der Waals surface area contributed by atoms with Gasteiger partial charge in [-0.25, -0.2) is 4.98 Å². The molecule has 0 radical (unpaired) electrons. The van der Waals surface area contributed by atoms with E-state index in [-0.39, 0.29) is 5.91 Å². The summed E-state index contributed by atoms with van der Waals surface area (Å²) in [5, 5.41) is 3.89. The molecule has 3 rings (SSSR count). The molecule has 0 bridgehead atoms. The van der Waals surface area contributed by atoms with Gasteiger partial charge in [-0.1, -0.05) is 0 Å². The highest BCUT2D eigenvalue weighted by Gasteiger charge is 2.26. The Morgan fingerprint density at radius 3 is 3.00 bits per heavy atom. The van der Waals surface area contributed by atoms with Crippen LogP contribution < -0.4 is 4.90 Å². The van der Waals surface area contributed by atoms with Crippen LogP contribution in [0, 0.1) is 0 Å². The van der Waals surface area contributed by atoms with Crippen LogP contribution >= 0.6 is 11.3 Å². The summed E-state index contributed by atoms with van der Waals surface area (Å²) in [6, 6.07) is 6.13. The van der Waals surface area contributed by atoms with Gasteiger partial charge in [0.15, 0.2) is 0 Å². The van der Waals surface area contributed by atoms with E-state index in [0.29, 0.717) is 5.92 Å². The van der Waals surface area contributed by atoms with Crippen molar-refractivity contribution in [3.8, 4) is 0 Å². The van der Waals surface area contributed by atoms with E-state index in [4.69, 9.17) is 0 Å². The van der Waals surface area contributed by atoms with E-state index in [1.54, 1.807) is 11.3 Å². The molecule has 4 nitrogen and oxygen atoms in total. The third kappa shape index (κ3) is 3.14. The maximum Gasteiger partial charge on any atom is 0.254 e. The quantitative estimate of drug-likeness (QED) is 0.872. The molecule has 0 N–H and O–H groups in total. The summed E-state index contributed by atoms with van der Waals surface area (Å²) in [6.07, 6.45) is 4.05. The van der Waals surface area contributed by atoms with Gasteiger partial charge in [-0.05, 0) is 42.0 Å². The molecule has 1 unspecified atom stereocenters. The number of nitrogens with zero attached hydrogens (tertiary/aromatic N) is 3. The van der Waals surface area contributed by atoms with Gasteiger partial charge in [-0.3, -0.25) is 4.79 Å². The van der Waals surface area contributed by atoms with Gasteiger partial charge in [0.05, 0.1) is 5.56 Å². The molecule has 2 aromatic rings. The molecule has 1 amide bonds. The molecule has 0 aliphatic carbocycles. The number of amides is 1. The maximum atomic E-state index is 12.5. The van der Waals surface area contributed by atoms with E-state index in [1.807, 2.05) is 46.9 Å². The number of carbonyl (C=O) groups is 1. The zero-order valence-corrected chi connectivity index (χ0v) is 13.8. The van der Waals surface area contributed by atoms with E-state index in [9.17, 15) is 4.79 Å². The molecular weight excluding hydrogens is 294 g/mol. The summed E-state index contributed by atoms with van der Waals surface area (Å²) >= 11 is 1.57. The molecule has 3 heterocycles. The molecule has 0 aromatic carbocycles. The normalized spacial score (nSPS) is 18.3. The van der Waals surface area contributed by atoms with Crippen molar-refractivity contribution in [3.63, 3.8) is 0 Å². The molecule has 1 saturated heterocycles. The molecule has 5 heteroatoms. The van der Waals surface area contributed by atoms with Crippen molar-refractivity contribution < 1.29 is 4.79 Å². The van der Waals surface area contributed by atoms with Crippen molar-refractivity contribution in [2.75, 3.05) is 32.1 Å². The number of piperidine rings is 1. The zero-order valence-electron chi connectivity index (χ0n) is 13.0. The molecule has 22 heavy (non-hydrogen) atoms. The summed E-state index contributed by atoms with van der Waals surface area (Å²) in [7, 11) is 4.00. The smallest absolute Gasteiger partial charge is 0.254 e. The average Bonchev–Trinajstić information content (AvgIpc) is 3.09. The van der Waals surface area contributed by atoms with E-state index in [0.717, 1.165) is 37.3 Å². The Labute approximate surface area is 135 Å². The van der Waals surface area contributed by atoms with Gasteiger partial charge < -0.3 is 9.80 Å². The SMILES string of the molecule is CN(C)c1cc(C2CCCN(C(=O)c3ccsc3)C2)ccn1. The van der Waals surface area contributed by atoms with Crippen LogP contribution in [0.2, 0.25) is 0 Å². The molecular formula is C17H21N3OS. The van der Waals surface area contributed by atoms with Gasteiger partial charge in [0.1, 0.15) is 5.82 Å². The predicted octanol–water partition coefficient (Wildman–Crippen LogP) is 3.23. The van der Waals surface area contributed by atoms with Crippen LogP contribution in [-0.2, 0) is 0 Å². The van der Waals surface area contributed by atoms with Gasteiger partial charge in [0, 0.05) is 44.7 Å². The standard InChI is InChI=1S/C17H21N3OS/c1-19(2)16-10-13(5-7-18-16)14-4-3-8-20(11-14)17(21)15-6-9-22-12-15/h5-7,9-10,12,14H,3-4,8,11H2,1-2H3. The summed E-state index contributed by atoms with van der Waals surface area (Å²) in [5.41, 5.74) is 2.09. The lowest BCUT2D eigenvalue weighted by Crippen LogP contribution is -2.39. The Hall–Kier alpha value is -1.88. The van der Waals surface area contributed by atoms with E-state index in [2.05, 4.69) is 17.1 Å². The fourth-order valence-electron chi connectivity index (χ4n) is 2.94. The topological polar surface area (TPSA) is 36.4 Å². The monoisotopic (exact) mass is 315 g/mol. The molecule has 1 fully saturated rings. The molecule has 116 valence electrons. The van der Waals surface area contributed by atoms with Crippen LogP contribution in [0.1, 0.15) is 34.7 Å². The largest absolute Gasteiger partial charge is 0.363 e. The summed E-state index contributed by atoms with van der Waals surface area (Å²) in [4.78, 5) is 20.9. The average molecular weight is 315 g/mol.